The third-order valence-electron chi connectivity index (χ3n) is 8.60. The third kappa shape index (κ3) is 4.54. The van der Waals surface area contributed by atoms with Gasteiger partial charge in [-0.1, -0.05) is 19.1 Å². The maximum atomic E-state index is 14.3. The molecular weight excluding hydrogens is 521 g/mol. The summed E-state index contributed by atoms with van der Waals surface area (Å²) < 4.78 is 51.5. The number of hydrogen-bond donors (Lipinski definition) is 1. The average molecular weight is 555 g/mol. The number of aromatic nitrogens is 5. The van der Waals surface area contributed by atoms with E-state index < -0.39 is 22.7 Å². The second-order valence-corrected chi connectivity index (χ2v) is 11.4. The predicted octanol–water partition coefficient (Wildman–Crippen LogP) is 4.79. The van der Waals surface area contributed by atoms with E-state index in [9.17, 15) is 18.0 Å². The smallest absolute Gasteiger partial charge is 0.381 e. The van der Waals surface area contributed by atoms with E-state index in [4.69, 9.17) is 4.74 Å². The molecule has 3 aromatic heterocycles. The molecule has 8 nitrogen and oxygen atoms in total. The van der Waals surface area contributed by atoms with Crippen LogP contribution in [0.2, 0.25) is 0 Å². The number of nitrogens with one attached hydrogen (secondary N) is 1. The predicted molar refractivity (Wildman–Crippen MR) is 144 cm³/mol. The van der Waals surface area contributed by atoms with Crippen molar-refractivity contribution in [2.45, 2.75) is 56.8 Å². The fourth-order valence-corrected chi connectivity index (χ4v) is 6.54. The van der Waals surface area contributed by atoms with Crippen molar-refractivity contribution in [3.8, 4) is 5.69 Å². The number of hydrogen-bond acceptors (Lipinski definition) is 5. The Labute approximate surface area is 229 Å². The fraction of sp³-hybridized carbons (Fsp3) is 0.483. The quantitative estimate of drug-likeness (QED) is 0.371. The van der Waals surface area contributed by atoms with E-state index in [2.05, 4.69) is 27.0 Å². The highest BCUT2D eigenvalue weighted by Crippen LogP contribution is 2.49. The van der Waals surface area contributed by atoms with Crippen LogP contribution in [0.4, 0.5) is 13.2 Å². The minimum absolute atomic E-state index is 0.0245. The molecule has 212 valence electrons. The largest absolute Gasteiger partial charge is 0.418 e. The van der Waals surface area contributed by atoms with Crippen molar-refractivity contribution < 1.29 is 17.9 Å². The van der Waals surface area contributed by atoms with E-state index in [0.717, 1.165) is 48.1 Å². The second-order valence-electron chi connectivity index (χ2n) is 11.4. The van der Waals surface area contributed by atoms with Gasteiger partial charge in [-0.3, -0.25) is 14.3 Å². The minimum atomic E-state index is -4.63. The molecule has 0 spiro atoms. The molecule has 2 fully saturated rings. The van der Waals surface area contributed by atoms with Gasteiger partial charge in [0.2, 0.25) is 0 Å². The first-order valence-electron chi connectivity index (χ1n) is 13.6. The number of pyridine rings is 1. The number of ether oxygens (including phenoxy) is 1. The number of benzene rings is 1. The Morgan fingerprint density at radius 2 is 2.02 bits per heavy atom. The van der Waals surface area contributed by atoms with Crippen molar-refractivity contribution in [2.24, 2.45) is 13.0 Å². The first kappa shape index (κ1) is 26.8. The number of methoxy groups -OCH3 is 1. The molecule has 2 aliphatic rings. The number of alkyl halides is 3. The topological polar surface area (TPSA) is 81.0 Å². The first-order chi connectivity index (χ1) is 19.1. The van der Waals surface area contributed by atoms with Gasteiger partial charge in [0.15, 0.2) is 0 Å². The highest BCUT2D eigenvalue weighted by molar-refractivity contribution is 5.84. The number of likely N-dealkylation sites (tertiary alicyclic amines) is 1. The highest BCUT2D eigenvalue weighted by Gasteiger charge is 2.50. The molecule has 4 heterocycles. The molecule has 1 saturated carbocycles. The lowest BCUT2D eigenvalue weighted by molar-refractivity contribution is -0.136. The Kier molecular flexibility index (Phi) is 6.61. The van der Waals surface area contributed by atoms with Gasteiger partial charge in [0.25, 0.3) is 5.56 Å². The van der Waals surface area contributed by atoms with E-state index >= 15 is 0 Å². The summed E-state index contributed by atoms with van der Waals surface area (Å²) in [6.07, 6.45) is 1.45. The maximum Gasteiger partial charge on any atom is 0.418 e. The maximum absolute atomic E-state index is 14.3. The molecule has 6 rings (SSSR count). The second kappa shape index (κ2) is 9.88. The van der Waals surface area contributed by atoms with E-state index in [1.165, 1.54) is 6.07 Å². The molecule has 1 aliphatic heterocycles. The van der Waals surface area contributed by atoms with Gasteiger partial charge in [-0.05, 0) is 61.9 Å². The zero-order chi connectivity index (χ0) is 28.2. The van der Waals surface area contributed by atoms with Crippen molar-refractivity contribution in [3.63, 3.8) is 0 Å². The van der Waals surface area contributed by atoms with Gasteiger partial charge in [-0.25, -0.2) is 0 Å². The van der Waals surface area contributed by atoms with Crippen LogP contribution in [0.25, 0.3) is 16.6 Å². The van der Waals surface area contributed by atoms with Crippen molar-refractivity contribution in [1.82, 2.24) is 29.2 Å². The monoisotopic (exact) mass is 554 g/mol. The molecule has 1 atom stereocenters. The van der Waals surface area contributed by atoms with Crippen LogP contribution in [0.3, 0.4) is 0 Å². The molecule has 0 amide bonds. The normalized spacial score (nSPS) is 23.9. The van der Waals surface area contributed by atoms with Crippen LogP contribution in [-0.2, 0) is 29.9 Å². The van der Waals surface area contributed by atoms with Gasteiger partial charge in [-0.15, -0.1) is 10.2 Å². The standard InChI is InChI=1S/C29H33F3N6O2/c1-18-6-5-9-37(14-18)15-20-11-23-24(29(30,31)32)16-38(26(39)25(23)34-20)21-8-4-7-19(10-21)28(12-22(13-28)40-3)27-35-33-17-36(27)2/h4,7-8,10-11,16-18,22,34H,5-6,9,12-15H2,1-3H3/t18-,22?,28?/m0/s1. The lowest BCUT2D eigenvalue weighted by atomic mass is 9.62. The number of H-pyrrole nitrogens is 1. The SMILES string of the molecule is COC1CC(c2cccc(-n3cc(C(F)(F)F)c4cc(CN5CCC[C@H](C)C5)[nH]c4c3=O)c2)(c2nncn2C)C1. The van der Waals surface area contributed by atoms with Crippen molar-refractivity contribution in [3.05, 3.63) is 75.9 Å². The molecule has 1 saturated heterocycles. The molecular formula is C29H33F3N6O2. The number of halogens is 3. The summed E-state index contributed by atoms with van der Waals surface area (Å²) in [4.78, 5) is 19.0. The Morgan fingerprint density at radius 3 is 2.70 bits per heavy atom. The Morgan fingerprint density at radius 1 is 1.23 bits per heavy atom. The molecule has 1 aromatic carbocycles. The van der Waals surface area contributed by atoms with Crippen LogP contribution >= 0.6 is 0 Å². The molecule has 0 bridgehead atoms. The summed E-state index contributed by atoms with van der Waals surface area (Å²) in [7, 11) is 3.52. The van der Waals surface area contributed by atoms with Crippen LogP contribution in [0.1, 0.15) is 55.3 Å². The summed E-state index contributed by atoms with van der Waals surface area (Å²) in [5.74, 6) is 1.28. The van der Waals surface area contributed by atoms with Gasteiger partial charge >= 0.3 is 6.18 Å². The van der Waals surface area contributed by atoms with Gasteiger partial charge < -0.3 is 14.3 Å². The van der Waals surface area contributed by atoms with Crippen molar-refractivity contribution >= 4 is 10.9 Å². The van der Waals surface area contributed by atoms with Gasteiger partial charge in [0.1, 0.15) is 17.7 Å². The molecule has 11 heteroatoms. The Bertz CT molecular complexity index is 1600. The van der Waals surface area contributed by atoms with Gasteiger partial charge in [0.05, 0.1) is 17.1 Å². The zero-order valence-electron chi connectivity index (χ0n) is 22.8. The highest BCUT2D eigenvalue weighted by atomic mass is 19.4. The van der Waals surface area contributed by atoms with E-state index in [1.54, 1.807) is 31.6 Å². The van der Waals surface area contributed by atoms with Gasteiger partial charge in [-0.2, -0.15) is 13.2 Å². The van der Waals surface area contributed by atoms with Crippen LogP contribution in [-0.4, -0.2) is 55.5 Å². The van der Waals surface area contributed by atoms with E-state index in [1.807, 2.05) is 17.7 Å². The van der Waals surface area contributed by atoms with Crippen LogP contribution in [0.15, 0.2) is 47.7 Å². The van der Waals surface area contributed by atoms with E-state index in [0.29, 0.717) is 36.7 Å². The number of fused-ring (bicyclic) bond motifs is 1. The summed E-state index contributed by atoms with van der Waals surface area (Å²) in [5.41, 5.74) is -0.0959. The summed E-state index contributed by atoms with van der Waals surface area (Å²) in [5, 5.41) is 8.30. The molecule has 0 radical (unpaired) electrons. The Balaban J connectivity index is 1.44. The zero-order valence-corrected chi connectivity index (χ0v) is 22.8. The molecule has 40 heavy (non-hydrogen) atoms. The first-order valence-corrected chi connectivity index (χ1v) is 13.6. The van der Waals surface area contributed by atoms with Crippen LogP contribution in [0.5, 0.6) is 0 Å². The number of nitrogens with zero attached hydrogens (tertiary/aromatic N) is 5. The molecule has 1 N–H and O–H groups in total. The minimum Gasteiger partial charge on any atom is -0.381 e. The molecule has 4 aromatic rings. The lowest BCUT2D eigenvalue weighted by Gasteiger charge is -2.46. The van der Waals surface area contributed by atoms with E-state index in [-0.39, 0.29) is 17.0 Å². The Hall–Kier alpha value is -3.44. The summed E-state index contributed by atoms with van der Waals surface area (Å²) in [6, 6.07) is 8.62. The number of piperidine rings is 1. The van der Waals surface area contributed by atoms with Crippen LogP contribution in [0, 0.1) is 5.92 Å². The fourth-order valence-electron chi connectivity index (χ4n) is 6.54. The van der Waals surface area contributed by atoms with Crippen molar-refractivity contribution in [1.29, 1.82) is 0 Å². The lowest BCUT2D eigenvalue weighted by Crippen LogP contribution is -2.48. The summed E-state index contributed by atoms with van der Waals surface area (Å²) >= 11 is 0. The number of rotatable bonds is 6. The van der Waals surface area contributed by atoms with Gasteiger partial charge in [0, 0.05) is 50.2 Å². The molecule has 0 unspecified atom stereocenters. The number of aryl methyl sites for hydroxylation is 1. The number of aromatic amines is 1. The average Bonchev–Trinajstić information content (AvgIpc) is 3.50. The van der Waals surface area contributed by atoms with Crippen molar-refractivity contribution in [2.75, 3.05) is 20.2 Å². The molecule has 1 aliphatic carbocycles. The summed E-state index contributed by atoms with van der Waals surface area (Å²) in [6.45, 7) is 4.43. The third-order valence-corrected chi connectivity index (χ3v) is 8.60. The van der Waals surface area contributed by atoms with Crippen LogP contribution < -0.4 is 5.56 Å².